The molecule has 0 saturated carbocycles. The van der Waals surface area contributed by atoms with Gasteiger partial charge in [-0.05, 0) is 31.2 Å². The molecule has 2 rings (SSSR count). The Balaban J connectivity index is 2.10. The average molecular weight is 279 g/mol. The van der Waals surface area contributed by atoms with Gasteiger partial charge >= 0.3 is 0 Å². The van der Waals surface area contributed by atoms with Crippen LogP contribution in [0.1, 0.15) is 23.0 Å². The fourth-order valence-corrected chi connectivity index (χ4v) is 1.93. The SMILES string of the molecule is CCn1cc(N)cc1C(=O)NCc1cc(F)ccc1F. The number of anilines is 1. The summed E-state index contributed by atoms with van der Waals surface area (Å²) in [6.45, 7) is 2.38. The summed E-state index contributed by atoms with van der Waals surface area (Å²) in [7, 11) is 0. The highest BCUT2D eigenvalue weighted by Gasteiger charge is 2.13. The van der Waals surface area contributed by atoms with Gasteiger partial charge in [0, 0.05) is 24.8 Å². The van der Waals surface area contributed by atoms with Crippen LogP contribution in [0.5, 0.6) is 0 Å². The van der Waals surface area contributed by atoms with Crippen LogP contribution in [0.2, 0.25) is 0 Å². The maximum absolute atomic E-state index is 13.4. The van der Waals surface area contributed by atoms with Crippen LogP contribution in [0.15, 0.2) is 30.5 Å². The minimum absolute atomic E-state index is 0.0861. The third-order valence-electron chi connectivity index (χ3n) is 2.94. The van der Waals surface area contributed by atoms with Crippen molar-refractivity contribution in [1.82, 2.24) is 9.88 Å². The van der Waals surface area contributed by atoms with Crippen molar-refractivity contribution in [2.24, 2.45) is 0 Å². The Morgan fingerprint density at radius 2 is 2.10 bits per heavy atom. The van der Waals surface area contributed by atoms with Gasteiger partial charge in [-0.15, -0.1) is 0 Å². The number of carbonyl (C=O) groups is 1. The van der Waals surface area contributed by atoms with Crippen molar-refractivity contribution in [3.8, 4) is 0 Å². The number of benzene rings is 1. The number of nitrogens with zero attached hydrogens (tertiary/aromatic N) is 1. The van der Waals surface area contributed by atoms with E-state index >= 15 is 0 Å². The van der Waals surface area contributed by atoms with Gasteiger partial charge in [-0.2, -0.15) is 0 Å². The van der Waals surface area contributed by atoms with Crippen molar-refractivity contribution in [2.75, 3.05) is 5.73 Å². The molecule has 0 spiro atoms. The Kier molecular flexibility index (Phi) is 4.02. The number of nitrogens with two attached hydrogens (primary N) is 1. The molecule has 6 heteroatoms. The Morgan fingerprint density at radius 3 is 2.80 bits per heavy atom. The zero-order chi connectivity index (χ0) is 14.7. The predicted octanol–water partition coefficient (Wildman–Crippen LogP) is 2.30. The van der Waals surface area contributed by atoms with E-state index in [2.05, 4.69) is 5.32 Å². The highest BCUT2D eigenvalue weighted by molar-refractivity contribution is 5.93. The van der Waals surface area contributed by atoms with E-state index in [1.807, 2.05) is 6.92 Å². The third kappa shape index (κ3) is 2.96. The molecule has 2 aromatic rings. The Bertz CT molecular complexity index is 637. The zero-order valence-corrected chi connectivity index (χ0v) is 11.0. The lowest BCUT2D eigenvalue weighted by Crippen LogP contribution is -2.25. The highest BCUT2D eigenvalue weighted by Crippen LogP contribution is 2.12. The zero-order valence-electron chi connectivity index (χ0n) is 11.0. The summed E-state index contributed by atoms with van der Waals surface area (Å²) in [5, 5.41) is 2.55. The quantitative estimate of drug-likeness (QED) is 0.902. The van der Waals surface area contributed by atoms with Crippen LogP contribution in [-0.4, -0.2) is 10.5 Å². The number of hydrogen-bond donors (Lipinski definition) is 2. The highest BCUT2D eigenvalue weighted by atomic mass is 19.1. The number of aryl methyl sites for hydroxylation is 1. The molecule has 0 aliphatic rings. The minimum Gasteiger partial charge on any atom is -0.397 e. The topological polar surface area (TPSA) is 60.0 Å². The van der Waals surface area contributed by atoms with E-state index in [9.17, 15) is 13.6 Å². The fourth-order valence-electron chi connectivity index (χ4n) is 1.93. The van der Waals surface area contributed by atoms with Gasteiger partial charge in [0.05, 0.1) is 5.69 Å². The van der Waals surface area contributed by atoms with E-state index in [0.717, 1.165) is 18.2 Å². The Labute approximate surface area is 115 Å². The largest absolute Gasteiger partial charge is 0.397 e. The normalized spacial score (nSPS) is 10.6. The van der Waals surface area contributed by atoms with Crippen LogP contribution in [0.4, 0.5) is 14.5 Å². The summed E-state index contributed by atoms with van der Waals surface area (Å²) >= 11 is 0. The first-order chi connectivity index (χ1) is 9.51. The molecule has 0 unspecified atom stereocenters. The van der Waals surface area contributed by atoms with E-state index < -0.39 is 11.6 Å². The van der Waals surface area contributed by atoms with Crippen molar-refractivity contribution >= 4 is 11.6 Å². The number of carbonyl (C=O) groups excluding carboxylic acids is 1. The van der Waals surface area contributed by atoms with Crippen molar-refractivity contribution in [3.63, 3.8) is 0 Å². The van der Waals surface area contributed by atoms with Crippen LogP contribution in [0, 0.1) is 11.6 Å². The molecular weight excluding hydrogens is 264 g/mol. The summed E-state index contributed by atoms with van der Waals surface area (Å²) in [4.78, 5) is 12.0. The molecular formula is C14H15F2N3O. The molecule has 3 N–H and O–H groups in total. The number of hydrogen-bond acceptors (Lipinski definition) is 2. The molecule has 1 aromatic heterocycles. The molecule has 0 fully saturated rings. The lowest BCUT2D eigenvalue weighted by Gasteiger charge is -2.08. The molecule has 0 saturated heterocycles. The summed E-state index contributed by atoms with van der Waals surface area (Å²) < 4.78 is 28.1. The predicted molar refractivity (Wildman–Crippen MR) is 72.0 cm³/mol. The molecule has 1 heterocycles. The van der Waals surface area contributed by atoms with Gasteiger partial charge in [0.1, 0.15) is 17.3 Å². The van der Waals surface area contributed by atoms with E-state index in [0.29, 0.717) is 17.9 Å². The van der Waals surface area contributed by atoms with E-state index in [1.54, 1.807) is 16.8 Å². The average Bonchev–Trinajstić information content (AvgIpc) is 2.80. The van der Waals surface area contributed by atoms with Crippen LogP contribution in [-0.2, 0) is 13.1 Å². The van der Waals surface area contributed by atoms with Crippen LogP contribution in [0.3, 0.4) is 0 Å². The molecule has 1 aromatic carbocycles. The molecule has 4 nitrogen and oxygen atoms in total. The fraction of sp³-hybridized carbons (Fsp3) is 0.214. The van der Waals surface area contributed by atoms with Crippen molar-refractivity contribution in [1.29, 1.82) is 0 Å². The Hall–Kier alpha value is -2.37. The summed E-state index contributed by atoms with van der Waals surface area (Å²) in [6.07, 6.45) is 1.65. The maximum Gasteiger partial charge on any atom is 0.268 e. The van der Waals surface area contributed by atoms with E-state index in [4.69, 9.17) is 5.73 Å². The van der Waals surface area contributed by atoms with E-state index in [1.165, 1.54) is 0 Å². The Morgan fingerprint density at radius 1 is 1.35 bits per heavy atom. The standard InChI is InChI=1S/C14H15F2N3O/c1-2-19-8-11(17)6-13(19)14(20)18-7-9-5-10(15)3-4-12(9)16/h3-6,8H,2,7,17H2,1H3,(H,18,20). The second-order valence-electron chi connectivity index (χ2n) is 4.36. The number of nitrogen functional groups attached to an aromatic ring is 1. The first-order valence-corrected chi connectivity index (χ1v) is 6.19. The second-order valence-corrected chi connectivity index (χ2v) is 4.36. The number of halogens is 2. The van der Waals surface area contributed by atoms with Gasteiger partial charge in [-0.1, -0.05) is 0 Å². The third-order valence-corrected chi connectivity index (χ3v) is 2.94. The molecule has 20 heavy (non-hydrogen) atoms. The molecule has 0 bridgehead atoms. The molecule has 1 amide bonds. The molecule has 0 atom stereocenters. The summed E-state index contributed by atoms with van der Waals surface area (Å²) in [5.41, 5.74) is 6.60. The van der Waals surface area contributed by atoms with Crippen LogP contribution < -0.4 is 11.1 Å². The van der Waals surface area contributed by atoms with Gasteiger partial charge in [0.2, 0.25) is 0 Å². The number of nitrogens with one attached hydrogen (secondary N) is 1. The van der Waals surface area contributed by atoms with Gasteiger partial charge in [0.25, 0.3) is 5.91 Å². The van der Waals surface area contributed by atoms with Gasteiger partial charge < -0.3 is 15.6 Å². The van der Waals surface area contributed by atoms with Crippen molar-refractivity contribution in [3.05, 3.63) is 53.4 Å². The number of amides is 1. The van der Waals surface area contributed by atoms with Gasteiger partial charge in [0.15, 0.2) is 0 Å². The minimum atomic E-state index is -0.558. The van der Waals surface area contributed by atoms with Crippen LogP contribution in [0.25, 0.3) is 0 Å². The summed E-state index contributed by atoms with van der Waals surface area (Å²) in [6, 6.07) is 4.66. The van der Waals surface area contributed by atoms with Gasteiger partial charge in [-0.3, -0.25) is 4.79 Å². The van der Waals surface area contributed by atoms with Crippen molar-refractivity contribution < 1.29 is 13.6 Å². The first kappa shape index (κ1) is 14.0. The number of rotatable bonds is 4. The van der Waals surface area contributed by atoms with Crippen LogP contribution >= 0.6 is 0 Å². The van der Waals surface area contributed by atoms with E-state index in [-0.39, 0.29) is 18.0 Å². The van der Waals surface area contributed by atoms with Gasteiger partial charge in [-0.25, -0.2) is 8.78 Å². The maximum atomic E-state index is 13.4. The molecule has 106 valence electrons. The monoisotopic (exact) mass is 279 g/mol. The second kappa shape index (κ2) is 5.73. The lowest BCUT2D eigenvalue weighted by atomic mass is 10.2. The molecule has 0 aliphatic carbocycles. The smallest absolute Gasteiger partial charge is 0.268 e. The lowest BCUT2D eigenvalue weighted by molar-refractivity contribution is 0.0941. The van der Waals surface area contributed by atoms with Crippen molar-refractivity contribution in [2.45, 2.75) is 20.0 Å². The molecule has 0 aliphatic heterocycles. The first-order valence-electron chi connectivity index (χ1n) is 6.19. The summed E-state index contributed by atoms with van der Waals surface area (Å²) in [5.74, 6) is -1.49. The number of aromatic nitrogens is 1. The molecule has 0 radical (unpaired) electrons.